The van der Waals surface area contributed by atoms with E-state index in [1.165, 1.54) is 30.5 Å². The van der Waals surface area contributed by atoms with Crippen LogP contribution < -0.4 is 10.6 Å². The molecule has 0 radical (unpaired) electrons. The molecule has 0 saturated heterocycles. The molecule has 2 unspecified atom stereocenters. The summed E-state index contributed by atoms with van der Waals surface area (Å²) >= 11 is 0. The number of Topliss-reactive ketones (excluding diaryl/α,β-unsaturated/α-hetero) is 1. The first kappa shape index (κ1) is 17.1. The summed E-state index contributed by atoms with van der Waals surface area (Å²) in [5.41, 5.74) is 1.02. The van der Waals surface area contributed by atoms with Crippen LogP contribution in [0.4, 0.5) is 23.7 Å². The second-order valence-electron chi connectivity index (χ2n) is 5.83. The van der Waals surface area contributed by atoms with Crippen molar-refractivity contribution in [3.8, 4) is 0 Å². The number of alkyl halides is 3. The lowest BCUT2D eigenvalue weighted by atomic mass is 9.87. The molecule has 0 saturated carbocycles. The number of hydrogen-bond donors (Lipinski definition) is 2. The maximum atomic E-state index is 12.4. The van der Waals surface area contributed by atoms with Crippen LogP contribution in [0.15, 0.2) is 48.3 Å². The van der Waals surface area contributed by atoms with Crippen LogP contribution in [0.2, 0.25) is 0 Å². The maximum absolute atomic E-state index is 12.4. The molecule has 0 spiro atoms. The van der Waals surface area contributed by atoms with Gasteiger partial charge in [-0.3, -0.25) is 4.79 Å². The summed E-state index contributed by atoms with van der Waals surface area (Å²) in [6, 6.07) is 4.01. The van der Waals surface area contributed by atoms with E-state index in [4.69, 9.17) is 4.74 Å². The molecule has 2 amide bonds. The summed E-state index contributed by atoms with van der Waals surface area (Å²) in [4.78, 5) is 24.3. The molecule has 1 aliphatic heterocycles. The molecular weight excluding hydrogens is 337 g/mol. The highest BCUT2D eigenvalue weighted by atomic mass is 19.4. The van der Waals surface area contributed by atoms with Crippen molar-refractivity contribution in [1.29, 1.82) is 0 Å². The third-order valence-electron chi connectivity index (χ3n) is 3.89. The number of rotatable bonds is 3. The monoisotopic (exact) mass is 352 g/mol. The van der Waals surface area contributed by atoms with Gasteiger partial charge in [0, 0.05) is 11.3 Å². The number of hydrogen-bond acceptors (Lipinski definition) is 3. The molecule has 8 heteroatoms. The molecule has 0 bridgehead atoms. The zero-order valence-corrected chi connectivity index (χ0v) is 13.0. The Morgan fingerprint density at radius 3 is 2.88 bits per heavy atom. The van der Waals surface area contributed by atoms with Crippen LogP contribution in [0.25, 0.3) is 0 Å². The van der Waals surface area contributed by atoms with Gasteiger partial charge in [0.1, 0.15) is 12.6 Å². The number of urea groups is 1. The Morgan fingerprint density at radius 1 is 1.32 bits per heavy atom. The number of anilines is 1. The van der Waals surface area contributed by atoms with Crippen LogP contribution in [-0.4, -0.2) is 30.6 Å². The Morgan fingerprint density at radius 2 is 2.12 bits per heavy atom. The van der Waals surface area contributed by atoms with E-state index in [-0.39, 0.29) is 23.6 Å². The minimum Gasteiger partial charge on any atom is -0.500 e. The van der Waals surface area contributed by atoms with E-state index in [0.717, 1.165) is 5.57 Å². The number of amides is 2. The van der Waals surface area contributed by atoms with Gasteiger partial charge in [-0.2, -0.15) is 13.2 Å². The third-order valence-corrected chi connectivity index (χ3v) is 3.89. The van der Waals surface area contributed by atoms with Gasteiger partial charge in [-0.05, 0) is 17.7 Å². The van der Waals surface area contributed by atoms with Gasteiger partial charge in [-0.25, -0.2) is 4.79 Å². The second kappa shape index (κ2) is 6.62. The number of ketones is 1. The number of benzene rings is 1. The van der Waals surface area contributed by atoms with E-state index in [0.29, 0.717) is 0 Å². The van der Waals surface area contributed by atoms with Crippen molar-refractivity contribution in [3.63, 3.8) is 0 Å². The van der Waals surface area contributed by atoms with Crippen LogP contribution >= 0.6 is 0 Å². The zero-order valence-electron chi connectivity index (χ0n) is 13.0. The van der Waals surface area contributed by atoms with E-state index >= 15 is 0 Å². The number of ether oxygens (including phenoxy) is 1. The van der Waals surface area contributed by atoms with Crippen LogP contribution in [0, 0.1) is 5.92 Å². The normalized spacial score (nSPS) is 22.0. The van der Waals surface area contributed by atoms with E-state index in [9.17, 15) is 22.8 Å². The molecular formula is C17H15F3N2O3. The average molecular weight is 352 g/mol. The van der Waals surface area contributed by atoms with E-state index in [1.54, 1.807) is 12.2 Å². The van der Waals surface area contributed by atoms with Crippen LogP contribution in [-0.2, 0) is 16.0 Å². The molecule has 2 N–H and O–H groups in total. The molecule has 132 valence electrons. The van der Waals surface area contributed by atoms with Crippen molar-refractivity contribution in [2.24, 2.45) is 5.92 Å². The summed E-state index contributed by atoms with van der Waals surface area (Å²) in [6.07, 6.45) is -0.617. The highest BCUT2D eigenvalue weighted by molar-refractivity contribution is 5.98. The molecule has 1 aromatic carbocycles. The third kappa shape index (κ3) is 4.20. The summed E-state index contributed by atoms with van der Waals surface area (Å²) in [5, 5.41) is 4.95. The Kier molecular flexibility index (Phi) is 4.52. The molecule has 0 fully saturated rings. The topological polar surface area (TPSA) is 67.4 Å². The predicted molar refractivity (Wildman–Crippen MR) is 83.8 cm³/mol. The summed E-state index contributed by atoms with van der Waals surface area (Å²) in [7, 11) is 0. The SMILES string of the molecule is O=C(Nc1cccc(CC(F)(F)F)c1)NC1C=CC2=COCC2C1=O. The van der Waals surface area contributed by atoms with Crippen LogP contribution in [0.5, 0.6) is 0 Å². The first-order valence-electron chi connectivity index (χ1n) is 7.59. The van der Waals surface area contributed by atoms with Crippen molar-refractivity contribution in [3.05, 3.63) is 53.8 Å². The number of allylic oxidation sites excluding steroid dienone is 1. The fourth-order valence-electron chi connectivity index (χ4n) is 2.76. The number of fused-ring (bicyclic) bond motifs is 1. The first-order valence-corrected chi connectivity index (χ1v) is 7.59. The standard InChI is InChI=1S/C17H15F3N2O3/c18-17(19,20)7-10-2-1-3-12(6-10)21-16(24)22-14-5-4-11-8-25-9-13(11)15(14)23/h1-6,8,13-14H,7,9H2,(H2,21,22,24). The Bertz CT molecular complexity index is 756. The fraction of sp³-hybridized carbons (Fsp3) is 0.294. The fourth-order valence-corrected chi connectivity index (χ4v) is 2.76. The van der Waals surface area contributed by atoms with E-state index in [2.05, 4.69) is 10.6 Å². The van der Waals surface area contributed by atoms with Crippen molar-refractivity contribution >= 4 is 17.5 Å². The largest absolute Gasteiger partial charge is 0.500 e. The lowest BCUT2D eigenvalue weighted by Crippen LogP contribution is -2.46. The van der Waals surface area contributed by atoms with Gasteiger partial charge in [-0.1, -0.05) is 24.3 Å². The molecule has 1 heterocycles. The van der Waals surface area contributed by atoms with Crippen molar-refractivity contribution in [2.45, 2.75) is 18.6 Å². The Balaban J connectivity index is 1.61. The van der Waals surface area contributed by atoms with Crippen LogP contribution in [0.3, 0.4) is 0 Å². The molecule has 3 rings (SSSR count). The maximum Gasteiger partial charge on any atom is 0.393 e. The van der Waals surface area contributed by atoms with Crippen molar-refractivity contribution < 1.29 is 27.5 Å². The average Bonchev–Trinajstić information content (AvgIpc) is 2.98. The van der Waals surface area contributed by atoms with Crippen molar-refractivity contribution in [2.75, 3.05) is 11.9 Å². The Hall–Kier alpha value is -2.77. The second-order valence-corrected chi connectivity index (χ2v) is 5.83. The molecule has 5 nitrogen and oxygen atoms in total. The molecule has 1 aromatic rings. The molecule has 2 atom stereocenters. The number of halogens is 3. The van der Waals surface area contributed by atoms with Crippen LogP contribution in [0.1, 0.15) is 5.56 Å². The van der Waals surface area contributed by atoms with E-state index < -0.39 is 30.6 Å². The van der Waals surface area contributed by atoms with Gasteiger partial charge in [0.15, 0.2) is 5.78 Å². The zero-order chi connectivity index (χ0) is 18.0. The minimum atomic E-state index is -4.32. The number of carbonyl (C=O) groups excluding carboxylic acids is 2. The Labute approximate surface area is 141 Å². The lowest BCUT2D eigenvalue weighted by molar-refractivity contribution is -0.127. The predicted octanol–water partition coefficient (Wildman–Crippen LogP) is 2.95. The molecule has 2 aliphatic rings. The number of nitrogens with one attached hydrogen (secondary N) is 2. The van der Waals surface area contributed by atoms with Gasteiger partial charge >= 0.3 is 12.2 Å². The molecule has 0 aromatic heterocycles. The summed E-state index contributed by atoms with van der Waals surface area (Å²) in [5.74, 6) is -0.586. The van der Waals surface area contributed by atoms with Gasteiger partial charge in [-0.15, -0.1) is 0 Å². The molecule has 25 heavy (non-hydrogen) atoms. The van der Waals surface area contributed by atoms with Crippen molar-refractivity contribution in [1.82, 2.24) is 5.32 Å². The minimum absolute atomic E-state index is 0.0387. The number of carbonyl (C=O) groups is 2. The van der Waals surface area contributed by atoms with Gasteiger partial charge in [0.2, 0.25) is 0 Å². The van der Waals surface area contributed by atoms with Gasteiger partial charge in [0.05, 0.1) is 18.6 Å². The summed E-state index contributed by atoms with van der Waals surface area (Å²) < 4.78 is 42.4. The summed E-state index contributed by atoms with van der Waals surface area (Å²) in [6.45, 7) is 0.248. The van der Waals surface area contributed by atoms with E-state index in [1.807, 2.05) is 0 Å². The first-order chi connectivity index (χ1) is 11.8. The quantitative estimate of drug-likeness (QED) is 0.879. The lowest BCUT2D eigenvalue weighted by Gasteiger charge is -2.22. The smallest absolute Gasteiger partial charge is 0.393 e. The van der Waals surface area contributed by atoms with Gasteiger partial charge in [0.25, 0.3) is 0 Å². The highest BCUT2D eigenvalue weighted by Gasteiger charge is 2.35. The molecule has 1 aliphatic carbocycles. The van der Waals surface area contributed by atoms with Gasteiger partial charge < -0.3 is 15.4 Å². The highest BCUT2D eigenvalue weighted by Crippen LogP contribution is 2.27.